The van der Waals surface area contributed by atoms with Crippen LogP contribution in [0.3, 0.4) is 0 Å². The highest BCUT2D eigenvalue weighted by atomic mass is 32.2. The topological polar surface area (TPSA) is 88.5 Å². The first-order valence-electron chi connectivity index (χ1n) is 9.15. The van der Waals surface area contributed by atoms with Crippen LogP contribution in [0.15, 0.2) is 30.9 Å². The molecule has 0 amide bonds. The Bertz CT molecular complexity index is 900. The van der Waals surface area contributed by atoms with E-state index in [0.29, 0.717) is 26.2 Å². The Morgan fingerprint density at radius 3 is 2.52 bits per heavy atom. The lowest BCUT2D eigenvalue weighted by atomic mass is 10.1. The lowest BCUT2D eigenvalue weighted by Gasteiger charge is -2.34. The van der Waals surface area contributed by atoms with E-state index in [1.807, 2.05) is 19.1 Å². The number of hydrogen-bond acceptors (Lipinski definition) is 6. The van der Waals surface area contributed by atoms with Crippen LogP contribution >= 0.6 is 0 Å². The van der Waals surface area contributed by atoms with Gasteiger partial charge in [0, 0.05) is 49.8 Å². The Hall–Kier alpha value is -1.94. The molecule has 0 radical (unpaired) electrons. The van der Waals surface area contributed by atoms with Gasteiger partial charge in [-0.25, -0.2) is 9.97 Å². The summed E-state index contributed by atoms with van der Waals surface area (Å²) in [7, 11) is -3.44. The molecule has 4 heterocycles. The van der Waals surface area contributed by atoms with Crippen molar-refractivity contribution in [2.24, 2.45) is 0 Å². The summed E-state index contributed by atoms with van der Waals surface area (Å²) >= 11 is 0. The first-order chi connectivity index (χ1) is 13.0. The standard InChI is InChI=1S/C18H23N5O3S/c1-14-8-15(16-10-19-13-20-11-16)9-17(21-14)18-12-23(6-7-26-18)27(24,25)22-4-2-3-5-22/h8-11,13,18H,2-7,12H2,1H3/t18-/m0/s1. The highest BCUT2D eigenvalue weighted by Gasteiger charge is 2.36. The zero-order valence-electron chi connectivity index (χ0n) is 15.3. The Balaban J connectivity index is 1.59. The molecular formula is C18H23N5O3S. The van der Waals surface area contributed by atoms with Gasteiger partial charge < -0.3 is 4.74 Å². The second-order valence-corrected chi connectivity index (χ2v) is 8.81. The molecule has 2 fully saturated rings. The Morgan fingerprint density at radius 2 is 1.78 bits per heavy atom. The molecular weight excluding hydrogens is 366 g/mol. The van der Waals surface area contributed by atoms with E-state index < -0.39 is 10.2 Å². The molecule has 0 aromatic carbocycles. The maximum Gasteiger partial charge on any atom is 0.282 e. The third kappa shape index (κ3) is 3.86. The molecule has 27 heavy (non-hydrogen) atoms. The van der Waals surface area contributed by atoms with Gasteiger partial charge in [-0.15, -0.1) is 0 Å². The van der Waals surface area contributed by atoms with Crippen LogP contribution in [-0.2, 0) is 14.9 Å². The maximum absolute atomic E-state index is 12.9. The van der Waals surface area contributed by atoms with E-state index in [1.165, 1.54) is 10.6 Å². The normalized spacial score (nSPS) is 22.2. The second kappa shape index (κ2) is 7.59. The largest absolute Gasteiger partial charge is 0.369 e. The summed E-state index contributed by atoms with van der Waals surface area (Å²) in [5.74, 6) is 0. The molecule has 2 aliphatic rings. The van der Waals surface area contributed by atoms with E-state index in [0.717, 1.165) is 35.4 Å². The fourth-order valence-electron chi connectivity index (χ4n) is 3.57. The summed E-state index contributed by atoms with van der Waals surface area (Å²) in [4.78, 5) is 12.7. The number of aryl methyl sites for hydroxylation is 1. The second-order valence-electron chi connectivity index (χ2n) is 6.88. The van der Waals surface area contributed by atoms with Gasteiger partial charge in [0.2, 0.25) is 0 Å². The quantitative estimate of drug-likeness (QED) is 0.789. The third-order valence-electron chi connectivity index (χ3n) is 4.94. The number of hydrogen-bond donors (Lipinski definition) is 0. The Labute approximate surface area is 159 Å². The van der Waals surface area contributed by atoms with Crippen LogP contribution < -0.4 is 0 Å². The first kappa shape index (κ1) is 18.4. The minimum Gasteiger partial charge on any atom is -0.369 e. The predicted octanol–water partition coefficient (Wildman–Crippen LogP) is 1.56. The van der Waals surface area contributed by atoms with Crippen molar-refractivity contribution in [3.8, 4) is 11.1 Å². The SMILES string of the molecule is Cc1cc(-c2cncnc2)cc([C@@H]2CN(S(=O)(=O)N3CCCC3)CCO2)n1. The molecule has 2 aromatic rings. The van der Waals surface area contributed by atoms with Gasteiger partial charge in [-0.3, -0.25) is 4.98 Å². The third-order valence-corrected chi connectivity index (χ3v) is 6.95. The predicted molar refractivity (Wildman–Crippen MR) is 100.0 cm³/mol. The minimum atomic E-state index is -3.44. The van der Waals surface area contributed by atoms with Crippen molar-refractivity contribution in [1.29, 1.82) is 0 Å². The minimum absolute atomic E-state index is 0.278. The van der Waals surface area contributed by atoms with Crippen LogP contribution in [-0.4, -0.2) is 64.8 Å². The van der Waals surface area contributed by atoms with E-state index in [2.05, 4.69) is 15.0 Å². The van der Waals surface area contributed by atoms with Crippen LogP contribution in [0.2, 0.25) is 0 Å². The monoisotopic (exact) mass is 389 g/mol. The molecule has 144 valence electrons. The molecule has 8 nitrogen and oxygen atoms in total. The average Bonchev–Trinajstić information content (AvgIpc) is 3.24. The molecule has 0 bridgehead atoms. The van der Waals surface area contributed by atoms with Crippen LogP contribution in [0.1, 0.15) is 30.3 Å². The summed E-state index contributed by atoms with van der Waals surface area (Å²) in [6, 6.07) is 3.89. The van der Waals surface area contributed by atoms with Crippen LogP contribution in [0.5, 0.6) is 0 Å². The average molecular weight is 389 g/mol. The Morgan fingerprint density at radius 1 is 1.04 bits per heavy atom. The van der Waals surface area contributed by atoms with Crippen LogP contribution in [0.4, 0.5) is 0 Å². The van der Waals surface area contributed by atoms with Crippen molar-refractivity contribution >= 4 is 10.2 Å². The van der Waals surface area contributed by atoms with E-state index in [4.69, 9.17) is 4.74 Å². The zero-order valence-corrected chi connectivity index (χ0v) is 16.1. The van der Waals surface area contributed by atoms with Crippen molar-refractivity contribution < 1.29 is 13.2 Å². The fraction of sp³-hybridized carbons (Fsp3) is 0.500. The summed E-state index contributed by atoms with van der Waals surface area (Å²) in [6.45, 7) is 4.13. The van der Waals surface area contributed by atoms with Crippen molar-refractivity contribution in [3.05, 3.63) is 42.2 Å². The van der Waals surface area contributed by atoms with E-state index in [9.17, 15) is 8.42 Å². The number of nitrogens with zero attached hydrogens (tertiary/aromatic N) is 5. The van der Waals surface area contributed by atoms with Gasteiger partial charge in [0.05, 0.1) is 12.3 Å². The highest BCUT2D eigenvalue weighted by Crippen LogP contribution is 2.28. The molecule has 0 spiro atoms. The van der Waals surface area contributed by atoms with Crippen LogP contribution in [0.25, 0.3) is 11.1 Å². The summed E-state index contributed by atoms with van der Waals surface area (Å²) in [5.41, 5.74) is 3.41. The molecule has 2 aliphatic heterocycles. The molecule has 0 aliphatic carbocycles. The lowest BCUT2D eigenvalue weighted by Crippen LogP contribution is -2.48. The smallest absolute Gasteiger partial charge is 0.282 e. The van der Waals surface area contributed by atoms with Crippen molar-refractivity contribution in [1.82, 2.24) is 23.6 Å². The van der Waals surface area contributed by atoms with Gasteiger partial charge in [-0.05, 0) is 37.5 Å². The van der Waals surface area contributed by atoms with Crippen molar-refractivity contribution in [2.45, 2.75) is 25.9 Å². The summed E-state index contributed by atoms with van der Waals surface area (Å²) in [5, 5.41) is 0. The van der Waals surface area contributed by atoms with Gasteiger partial charge in [-0.2, -0.15) is 17.0 Å². The molecule has 2 aromatic heterocycles. The lowest BCUT2D eigenvalue weighted by molar-refractivity contribution is -0.00649. The number of morpholine rings is 1. The van der Waals surface area contributed by atoms with Crippen LogP contribution in [0, 0.1) is 6.92 Å². The number of ether oxygens (including phenoxy) is 1. The molecule has 0 unspecified atom stereocenters. The van der Waals surface area contributed by atoms with E-state index in [-0.39, 0.29) is 12.6 Å². The van der Waals surface area contributed by atoms with Crippen molar-refractivity contribution in [2.75, 3.05) is 32.8 Å². The summed E-state index contributed by atoms with van der Waals surface area (Å²) < 4.78 is 34.7. The molecule has 2 saturated heterocycles. The van der Waals surface area contributed by atoms with Gasteiger partial charge in [0.1, 0.15) is 12.4 Å². The highest BCUT2D eigenvalue weighted by molar-refractivity contribution is 7.86. The van der Waals surface area contributed by atoms with E-state index in [1.54, 1.807) is 16.7 Å². The van der Waals surface area contributed by atoms with Gasteiger partial charge in [0.15, 0.2) is 0 Å². The number of rotatable bonds is 4. The summed E-state index contributed by atoms with van der Waals surface area (Å²) in [6.07, 6.45) is 6.45. The Kier molecular flexibility index (Phi) is 5.18. The van der Waals surface area contributed by atoms with Gasteiger partial charge >= 0.3 is 0 Å². The number of pyridine rings is 1. The zero-order chi connectivity index (χ0) is 18.9. The molecule has 1 atom stereocenters. The molecule has 4 rings (SSSR count). The molecule has 0 N–H and O–H groups in total. The maximum atomic E-state index is 12.9. The molecule has 9 heteroatoms. The fourth-order valence-corrected chi connectivity index (χ4v) is 5.25. The number of aromatic nitrogens is 3. The molecule has 0 saturated carbocycles. The van der Waals surface area contributed by atoms with Gasteiger partial charge in [-0.1, -0.05) is 0 Å². The van der Waals surface area contributed by atoms with E-state index >= 15 is 0 Å². The first-order valence-corrected chi connectivity index (χ1v) is 10.5. The van der Waals surface area contributed by atoms with Gasteiger partial charge in [0.25, 0.3) is 10.2 Å². The van der Waals surface area contributed by atoms with Crippen molar-refractivity contribution in [3.63, 3.8) is 0 Å².